The van der Waals surface area contributed by atoms with E-state index >= 15 is 0 Å². The summed E-state index contributed by atoms with van der Waals surface area (Å²) in [5, 5.41) is 0. The molecule has 2 unspecified atom stereocenters. The van der Waals surface area contributed by atoms with E-state index in [9.17, 15) is 9.18 Å². The van der Waals surface area contributed by atoms with E-state index in [-0.39, 0.29) is 18.6 Å². The zero-order valence-electron chi connectivity index (χ0n) is 12.7. The van der Waals surface area contributed by atoms with Crippen molar-refractivity contribution in [2.75, 3.05) is 6.54 Å². The third-order valence-corrected chi connectivity index (χ3v) is 4.77. The van der Waals surface area contributed by atoms with Gasteiger partial charge in [0.1, 0.15) is 6.17 Å². The van der Waals surface area contributed by atoms with Gasteiger partial charge in [0.15, 0.2) is 0 Å². The highest BCUT2D eigenvalue weighted by Crippen LogP contribution is 2.33. The van der Waals surface area contributed by atoms with Gasteiger partial charge in [-0.1, -0.05) is 30.3 Å². The van der Waals surface area contributed by atoms with Gasteiger partial charge in [-0.3, -0.25) is 9.69 Å². The van der Waals surface area contributed by atoms with E-state index in [1.165, 1.54) is 0 Å². The number of carbonyl (C=O) groups excluding carboxylic acids is 1. The number of carbonyl (C=O) groups is 1. The first kappa shape index (κ1) is 15.4. The second-order valence-electron chi connectivity index (χ2n) is 6.28. The third-order valence-electron chi connectivity index (χ3n) is 4.77. The highest BCUT2D eigenvalue weighted by atomic mass is 19.1. The maximum atomic E-state index is 13.7. The lowest BCUT2D eigenvalue weighted by atomic mass is 10.1. The Labute approximate surface area is 130 Å². The first-order chi connectivity index (χ1) is 10.6. The van der Waals surface area contributed by atoms with Crippen LogP contribution in [0.1, 0.15) is 31.2 Å². The molecule has 3 rings (SSSR count). The molecule has 2 fully saturated rings. The topological polar surface area (TPSA) is 55.6 Å². The zero-order chi connectivity index (χ0) is 15.5. The average molecular weight is 306 g/mol. The SMILES string of the molecule is NC(=O)[C@@H]1CC(F)CN1[C@H]1CCCC1OCc1ccccc1. The van der Waals surface area contributed by atoms with Crippen LogP contribution < -0.4 is 5.73 Å². The number of hydrogen-bond acceptors (Lipinski definition) is 3. The van der Waals surface area contributed by atoms with Crippen LogP contribution in [0.2, 0.25) is 0 Å². The minimum Gasteiger partial charge on any atom is -0.372 e. The van der Waals surface area contributed by atoms with Gasteiger partial charge in [-0.15, -0.1) is 0 Å². The maximum Gasteiger partial charge on any atom is 0.234 e. The van der Waals surface area contributed by atoms with Gasteiger partial charge in [0.05, 0.1) is 18.8 Å². The zero-order valence-corrected chi connectivity index (χ0v) is 12.7. The molecule has 2 aliphatic rings. The van der Waals surface area contributed by atoms with E-state index in [4.69, 9.17) is 10.5 Å². The van der Waals surface area contributed by atoms with E-state index < -0.39 is 18.1 Å². The van der Waals surface area contributed by atoms with Crippen molar-refractivity contribution in [3.05, 3.63) is 35.9 Å². The van der Waals surface area contributed by atoms with Crippen molar-refractivity contribution in [2.45, 2.75) is 56.6 Å². The maximum absolute atomic E-state index is 13.7. The fourth-order valence-electron chi connectivity index (χ4n) is 3.71. The molecule has 5 heteroatoms. The molecule has 0 bridgehead atoms. The van der Waals surface area contributed by atoms with Crippen molar-refractivity contribution < 1.29 is 13.9 Å². The molecular weight excluding hydrogens is 283 g/mol. The van der Waals surface area contributed by atoms with Crippen molar-refractivity contribution in [2.24, 2.45) is 5.73 Å². The number of nitrogens with two attached hydrogens (primary N) is 1. The van der Waals surface area contributed by atoms with Crippen molar-refractivity contribution in [3.8, 4) is 0 Å². The monoisotopic (exact) mass is 306 g/mol. The molecule has 1 saturated carbocycles. The van der Waals surface area contributed by atoms with Crippen molar-refractivity contribution in [1.82, 2.24) is 4.90 Å². The molecule has 4 nitrogen and oxygen atoms in total. The van der Waals surface area contributed by atoms with Gasteiger partial charge < -0.3 is 10.5 Å². The lowest BCUT2D eigenvalue weighted by Gasteiger charge is -2.32. The van der Waals surface area contributed by atoms with Crippen molar-refractivity contribution >= 4 is 5.91 Å². The smallest absolute Gasteiger partial charge is 0.234 e. The molecule has 120 valence electrons. The van der Waals surface area contributed by atoms with Gasteiger partial charge >= 0.3 is 0 Å². The van der Waals surface area contributed by atoms with Crippen molar-refractivity contribution in [3.63, 3.8) is 0 Å². The predicted molar refractivity (Wildman–Crippen MR) is 81.9 cm³/mol. The number of amides is 1. The summed E-state index contributed by atoms with van der Waals surface area (Å²) in [7, 11) is 0. The number of hydrogen-bond donors (Lipinski definition) is 1. The van der Waals surface area contributed by atoms with Crippen LogP contribution >= 0.6 is 0 Å². The fourth-order valence-corrected chi connectivity index (χ4v) is 3.71. The quantitative estimate of drug-likeness (QED) is 0.905. The molecule has 1 aromatic carbocycles. The van der Waals surface area contributed by atoms with Crippen LogP contribution in [0, 0.1) is 0 Å². The van der Waals surface area contributed by atoms with Gasteiger partial charge in [-0.25, -0.2) is 4.39 Å². The summed E-state index contributed by atoms with van der Waals surface area (Å²) in [4.78, 5) is 13.5. The van der Waals surface area contributed by atoms with Crippen LogP contribution in [0.5, 0.6) is 0 Å². The molecule has 22 heavy (non-hydrogen) atoms. The Morgan fingerprint density at radius 1 is 1.32 bits per heavy atom. The molecule has 4 atom stereocenters. The minimum absolute atomic E-state index is 0.0485. The van der Waals surface area contributed by atoms with Crippen molar-refractivity contribution in [1.29, 1.82) is 0 Å². The van der Waals surface area contributed by atoms with E-state index in [0.29, 0.717) is 13.2 Å². The molecular formula is C17H23FN2O2. The van der Waals surface area contributed by atoms with Gasteiger partial charge in [0.25, 0.3) is 0 Å². The summed E-state index contributed by atoms with van der Waals surface area (Å²) in [5.41, 5.74) is 6.57. The molecule has 1 saturated heterocycles. The van der Waals surface area contributed by atoms with Gasteiger partial charge in [0, 0.05) is 19.0 Å². The summed E-state index contributed by atoms with van der Waals surface area (Å²) >= 11 is 0. The molecule has 1 heterocycles. The molecule has 1 aliphatic heterocycles. The van der Waals surface area contributed by atoms with E-state index in [2.05, 4.69) is 0 Å². The van der Waals surface area contributed by atoms with Crippen LogP contribution in [0.4, 0.5) is 4.39 Å². The van der Waals surface area contributed by atoms with Gasteiger partial charge in [-0.05, 0) is 24.8 Å². The Balaban J connectivity index is 1.64. The molecule has 0 aromatic heterocycles. The Hall–Kier alpha value is -1.46. The standard InChI is InChI=1S/C17H23FN2O2/c18-13-9-15(17(19)21)20(10-13)14-7-4-8-16(14)22-11-12-5-2-1-3-6-12/h1-3,5-6,13-16H,4,7-11H2,(H2,19,21)/t13?,14-,15-,16?/m0/s1. The molecule has 1 amide bonds. The second kappa shape index (κ2) is 6.75. The van der Waals surface area contributed by atoms with Crippen LogP contribution in [0.3, 0.4) is 0 Å². The number of alkyl halides is 1. The lowest BCUT2D eigenvalue weighted by molar-refractivity contribution is -0.124. The summed E-state index contributed by atoms with van der Waals surface area (Å²) < 4.78 is 19.8. The lowest BCUT2D eigenvalue weighted by Crippen LogP contribution is -2.49. The molecule has 0 radical (unpaired) electrons. The Bertz CT molecular complexity index is 511. The van der Waals surface area contributed by atoms with Gasteiger partial charge in [-0.2, -0.15) is 0 Å². The van der Waals surface area contributed by atoms with Gasteiger partial charge in [0.2, 0.25) is 5.91 Å². The molecule has 1 aromatic rings. The number of halogens is 1. The van der Waals surface area contributed by atoms with Crippen LogP contribution in [0.15, 0.2) is 30.3 Å². The summed E-state index contributed by atoms with van der Waals surface area (Å²) in [5.74, 6) is -0.422. The average Bonchev–Trinajstić information content (AvgIpc) is 3.12. The second-order valence-corrected chi connectivity index (χ2v) is 6.28. The van der Waals surface area contributed by atoms with Crippen LogP contribution in [-0.2, 0) is 16.1 Å². The third kappa shape index (κ3) is 3.31. The van der Waals surface area contributed by atoms with E-state index in [0.717, 1.165) is 24.8 Å². The van der Waals surface area contributed by atoms with E-state index in [1.54, 1.807) is 0 Å². The normalized spacial score (nSPS) is 32.4. The Morgan fingerprint density at radius 3 is 2.82 bits per heavy atom. The Morgan fingerprint density at radius 2 is 2.09 bits per heavy atom. The highest BCUT2D eigenvalue weighted by molar-refractivity contribution is 5.80. The first-order valence-electron chi connectivity index (χ1n) is 8.00. The predicted octanol–water partition coefficient (Wildman–Crippen LogP) is 2.02. The number of nitrogens with zero attached hydrogens (tertiary/aromatic N) is 1. The highest BCUT2D eigenvalue weighted by Gasteiger charge is 2.44. The van der Waals surface area contributed by atoms with Crippen LogP contribution in [0.25, 0.3) is 0 Å². The van der Waals surface area contributed by atoms with Crippen LogP contribution in [-0.4, -0.2) is 41.7 Å². The molecule has 1 aliphatic carbocycles. The molecule has 0 spiro atoms. The summed E-state index contributed by atoms with van der Waals surface area (Å²) in [6.45, 7) is 0.847. The largest absolute Gasteiger partial charge is 0.372 e. The number of rotatable bonds is 5. The van der Waals surface area contributed by atoms with E-state index in [1.807, 2.05) is 35.2 Å². The number of benzene rings is 1. The minimum atomic E-state index is -0.965. The fraction of sp³-hybridized carbons (Fsp3) is 0.588. The number of likely N-dealkylation sites (tertiary alicyclic amines) is 1. The summed E-state index contributed by atoms with van der Waals surface area (Å²) in [6.07, 6.45) is 2.24. The number of primary amides is 1. The molecule has 2 N–H and O–H groups in total. The Kier molecular flexibility index (Phi) is 4.74. The first-order valence-corrected chi connectivity index (χ1v) is 8.00. The summed E-state index contributed by atoms with van der Waals surface area (Å²) in [6, 6.07) is 9.63. The number of ether oxygens (including phenoxy) is 1.